The van der Waals surface area contributed by atoms with Crippen LogP contribution >= 0.6 is 23.4 Å². The Kier molecular flexibility index (Phi) is 5.71. The molecule has 2 aliphatic heterocycles. The fourth-order valence-corrected chi connectivity index (χ4v) is 4.52. The number of esters is 2. The van der Waals surface area contributed by atoms with E-state index < -0.39 is 23.1 Å². The molecule has 9 heteroatoms. The highest BCUT2D eigenvalue weighted by Crippen LogP contribution is 2.49. The molecule has 2 atom stereocenters. The molecule has 1 saturated heterocycles. The molecule has 7 nitrogen and oxygen atoms in total. The van der Waals surface area contributed by atoms with Crippen LogP contribution in [0.5, 0.6) is 0 Å². The van der Waals surface area contributed by atoms with E-state index in [0.717, 1.165) is 0 Å². The maximum Gasteiger partial charge on any atom is 0.338 e. The molecule has 1 amide bonds. The van der Waals surface area contributed by atoms with Crippen LogP contribution in [0.1, 0.15) is 25.3 Å². The Hall–Kier alpha value is -2.45. The molecular formula is C19H19ClN2O5S. The molecule has 1 fully saturated rings. The SMILES string of the molecule is CCOC(=O)C1=C(N)N2C(=O)[C@H](C)SC2=C(C(=O)OC)[C@@H]1c1ccc(Cl)cc1. The Morgan fingerprint density at radius 3 is 2.43 bits per heavy atom. The van der Waals surface area contributed by atoms with Crippen molar-refractivity contribution in [1.82, 2.24) is 4.90 Å². The van der Waals surface area contributed by atoms with E-state index in [4.69, 9.17) is 26.8 Å². The first-order valence-electron chi connectivity index (χ1n) is 8.57. The van der Waals surface area contributed by atoms with Crippen LogP contribution < -0.4 is 5.73 Å². The van der Waals surface area contributed by atoms with E-state index >= 15 is 0 Å². The quantitative estimate of drug-likeness (QED) is 0.744. The Balaban J connectivity index is 2.30. The molecule has 1 aromatic rings. The van der Waals surface area contributed by atoms with Crippen molar-refractivity contribution >= 4 is 41.2 Å². The second-order valence-electron chi connectivity index (χ2n) is 6.15. The molecule has 28 heavy (non-hydrogen) atoms. The third-order valence-electron chi connectivity index (χ3n) is 4.49. The van der Waals surface area contributed by atoms with E-state index in [9.17, 15) is 14.4 Å². The lowest BCUT2D eigenvalue weighted by atomic mass is 9.82. The summed E-state index contributed by atoms with van der Waals surface area (Å²) in [5, 5.41) is 0.414. The fourth-order valence-electron chi connectivity index (χ4n) is 3.24. The second kappa shape index (κ2) is 7.89. The first kappa shape index (κ1) is 20.3. The number of halogens is 1. The lowest BCUT2D eigenvalue weighted by molar-refractivity contribution is -0.139. The third kappa shape index (κ3) is 3.27. The van der Waals surface area contributed by atoms with Crippen molar-refractivity contribution in [3.8, 4) is 0 Å². The summed E-state index contributed by atoms with van der Waals surface area (Å²) >= 11 is 7.20. The summed E-state index contributed by atoms with van der Waals surface area (Å²) in [5.74, 6) is -2.54. The van der Waals surface area contributed by atoms with Gasteiger partial charge in [-0.15, -0.1) is 0 Å². The van der Waals surface area contributed by atoms with Gasteiger partial charge >= 0.3 is 11.9 Å². The minimum Gasteiger partial charge on any atom is -0.466 e. The van der Waals surface area contributed by atoms with Crippen molar-refractivity contribution in [2.45, 2.75) is 25.0 Å². The number of hydrogen-bond donors (Lipinski definition) is 1. The van der Waals surface area contributed by atoms with Crippen molar-refractivity contribution in [3.05, 3.63) is 56.8 Å². The van der Waals surface area contributed by atoms with Gasteiger partial charge < -0.3 is 15.2 Å². The van der Waals surface area contributed by atoms with Crippen LogP contribution in [0.25, 0.3) is 0 Å². The number of nitrogens with zero attached hydrogens (tertiary/aromatic N) is 1. The number of carbonyl (C=O) groups is 3. The normalized spacial score (nSPS) is 21.7. The fraction of sp³-hybridized carbons (Fsp3) is 0.316. The lowest BCUT2D eigenvalue weighted by Gasteiger charge is -2.33. The zero-order chi connectivity index (χ0) is 20.6. The molecule has 2 aliphatic rings. The van der Waals surface area contributed by atoms with E-state index in [1.54, 1.807) is 38.1 Å². The first-order valence-corrected chi connectivity index (χ1v) is 9.82. The number of rotatable bonds is 4. The van der Waals surface area contributed by atoms with Crippen molar-refractivity contribution < 1.29 is 23.9 Å². The van der Waals surface area contributed by atoms with Gasteiger partial charge in [-0.25, -0.2) is 9.59 Å². The average molecular weight is 423 g/mol. The summed E-state index contributed by atoms with van der Waals surface area (Å²) in [7, 11) is 1.25. The summed E-state index contributed by atoms with van der Waals surface area (Å²) in [5.41, 5.74) is 7.07. The van der Waals surface area contributed by atoms with Crippen LogP contribution in [-0.4, -0.2) is 41.7 Å². The van der Waals surface area contributed by atoms with Gasteiger partial charge in [-0.3, -0.25) is 9.69 Å². The average Bonchev–Trinajstić information content (AvgIpc) is 2.96. The number of fused-ring (bicyclic) bond motifs is 1. The van der Waals surface area contributed by atoms with Gasteiger partial charge in [-0.1, -0.05) is 35.5 Å². The van der Waals surface area contributed by atoms with Gasteiger partial charge in [0.2, 0.25) is 5.91 Å². The van der Waals surface area contributed by atoms with E-state index in [-0.39, 0.29) is 29.5 Å². The summed E-state index contributed by atoms with van der Waals surface area (Å²) in [6, 6.07) is 6.70. The number of carbonyl (C=O) groups excluding carboxylic acids is 3. The van der Waals surface area contributed by atoms with E-state index in [1.165, 1.54) is 23.8 Å². The highest BCUT2D eigenvalue weighted by atomic mass is 35.5. The first-order chi connectivity index (χ1) is 13.3. The number of thioether (sulfide) groups is 1. The molecule has 1 aromatic carbocycles. The van der Waals surface area contributed by atoms with Crippen molar-refractivity contribution in [2.75, 3.05) is 13.7 Å². The van der Waals surface area contributed by atoms with Crippen LogP contribution in [0.2, 0.25) is 5.02 Å². The maximum absolute atomic E-state index is 12.8. The smallest absolute Gasteiger partial charge is 0.338 e. The van der Waals surface area contributed by atoms with Gasteiger partial charge in [0.15, 0.2) is 0 Å². The monoisotopic (exact) mass is 422 g/mol. The lowest BCUT2D eigenvalue weighted by Crippen LogP contribution is -2.40. The van der Waals surface area contributed by atoms with Gasteiger partial charge in [-0.2, -0.15) is 0 Å². The molecule has 2 heterocycles. The van der Waals surface area contributed by atoms with Gasteiger partial charge in [0.1, 0.15) is 5.82 Å². The molecule has 0 aromatic heterocycles. The summed E-state index contributed by atoms with van der Waals surface area (Å²) < 4.78 is 10.2. The number of amides is 1. The summed E-state index contributed by atoms with van der Waals surface area (Å²) in [6.45, 7) is 3.49. The number of benzene rings is 1. The van der Waals surface area contributed by atoms with E-state index in [0.29, 0.717) is 15.6 Å². The Morgan fingerprint density at radius 2 is 1.86 bits per heavy atom. The number of methoxy groups -OCH3 is 1. The number of nitrogens with two attached hydrogens (primary N) is 1. The van der Waals surface area contributed by atoms with Crippen molar-refractivity contribution in [3.63, 3.8) is 0 Å². The molecule has 3 rings (SSSR count). The minimum absolute atomic E-state index is 0.0244. The predicted octanol–water partition coefficient (Wildman–Crippen LogP) is 2.52. The zero-order valence-corrected chi connectivity index (χ0v) is 17.1. The standard InChI is InChI=1S/C19H19ClN2O5S/c1-4-27-19(25)13-12(10-5-7-11(20)8-6-10)14(18(24)26-3)17-22(15(13)21)16(23)9(2)28-17/h5-9,12H,4,21H2,1-3H3/t9-,12+/m0/s1. The van der Waals surface area contributed by atoms with Gasteiger partial charge in [0.05, 0.1) is 41.1 Å². The van der Waals surface area contributed by atoms with E-state index in [1.807, 2.05) is 0 Å². The topological polar surface area (TPSA) is 98.9 Å². The molecule has 0 saturated carbocycles. The summed E-state index contributed by atoms with van der Waals surface area (Å²) in [4.78, 5) is 39.4. The highest BCUT2D eigenvalue weighted by molar-refractivity contribution is 8.04. The van der Waals surface area contributed by atoms with Crippen LogP contribution in [0.3, 0.4) is 0 Å². The molecule has 0 aliphatic carbocycles. The number of hydrogen-bond acceptors (Lipinski definition) is 7. The maximum atomic E-state index is 12.8. The third-order valence-corrected chi connectivity index (χ3v) is 5.92. The molecular weight excluding hydrogens is 404 g/mol. The molecule has 148 valence electrons. The number of ether oxygens (including phenoxy) is 2. The van der Waals surface area contributed by atoms with E-state index in [2.05, 4.69) is 0 Å². The van der Waals surface area contributed by atoms with Gasteiger partial charge in [0.25, 0.3) is 0 Å². The van der Waals surface area contributed by atoms with Crippen molar-refractivity contribution in [1.29, 1.82) is 0 Å². The molecule has 0 unspecified atom stereocenters. The predicted molar refractivity (Wildman–Crippen MR) is 105 cm³/mol. The van der Waals surface area contributed by atoms with Crippen LogP contribution in [0, 0.1) is 0 Å². The van der Waals surface area contributed by atoms with Gasteiger partial charge in [-0.05, 0) is 31.5 Å². The molecule has 0 radical (unpaired) electrons. The molecule has 0 spiro atoms. The molecule has 2 N–H and O–H groups in total. The summed E-state index contributed by atoms with van der Waals surface area (Å²) in [6.07, 6.45) is 0. The van der Waals surface area contributed by atoms with Crippen LogP contribution in [-0.2, 0) is 23.9 Å². The van der Waals surface area contributed by atoms with Crippen LogP contribution in [0.15, 0.2) is 46.3 Å². The zero-order valence-electron chi connectivity index (χ0n) is 15.5. The second-order valence-corrected chi connectivity index (χ2v) is 7.91. The Morgan fingerprint density at radius 1 is 1.21 bits per heavy atom. The molecule has 0 bridgehead atoms. The Labute approximate surface area is 171 Å². The van der Waals surface area contributed by atoms with Gasteiger partial charge in [0, 0.05) is 5.02 Å². The van der Waals surface area contributed by atoms with Crippen molar-refractivity contribution in [2.24, 2.45) is 5.73 Å². The minimum atomic E-state index is -0.847. The Bertz CT molecular complexity index is 909. The largest absolute Gasteiger partial charge is 0.466 e. The van der Waals surface area contributed by atoms with Crippen LogP contribution in [0.4, 0.5) is 0 Å². The highest BCUT2D eigenvalue weighted by Gasteiger charge is 2.48.